The van der Waals surface area contributed by atoms with Crippen LogP contribution in [0.3, 0.4) is 0 Å². The Balaban J connectivity index is 1.56. The van der Waals surface area contributed by atoms with Crippen molar-refractivity contribution in [3.8, 4) is 0 Å². The third-order valence-electron chi connectivity index (χ3n) is 8.75. The molecule has 48 heavy (non-hydrogen) atoms. The van der Waals surface area contributed by atoms with Crippen molar-refractivity contribution >= 4 is 22.9 Å². The molecule has 0 saturated heterocycles. The van der Waals surface area contributed by atoms with Crippen LogP contribution in [-0.4, -0.2) is 44.3 Å². The second-order valence-corrected chi connectivity index (χ2v) is 12.8. The number of allylic oxidation sites excluding steroid dienone is 2. The van der Waals surface area contributed by atoms with Crippen LogP contribution in [0.25, 0.3) is 11.0 Å². The molecule has 1 atom stereocenters. The number of nitrogens with one attached hydrogen (secondary N) is 1. The fraction of sp³-hybridized carbons (Fsp3) is 0.538. The number of aromatic nitrogens is 2. The number of fused-ring (bicyclic) bond motifs is 1. The minimum absolute atomic E-state index is 0.105. The lowest BCUT2D eigenvalue weighted by molar-refractivity contribution is -0.137. The zero-order valence-corrected chi connectivity index (χ0v) is 28.8. The Morgan fingerprint density at radius 3 is 2.12 bits per heavy atom. The summed E-state index contributed by atoms with van der Waals surface area (Å²) in [7, 11) is 0. The van der Waals surface area contributed by atoms with Crippen LogP contribution in [0.15, 0.2) is 53.5 Å². The summed E-state index contributed by atoms with van der Waals surface area (Å²) in [4.78, 5) is 42.5. The number of aliphatic hydroxyl groups is 1. The molecule has 0 aliphatic rings. The first-order chi connectivity index (χ1) is 23.2. The Morgan fingerprint density at radius 2 is 1.52 bits per heavy atom. The van der Waals surface area contributed by atoms with Gasteiger partial charge in [0.1, 0.15) is 11.4 Å². The number of carboxylic acids is 1. The minimum Gasteiger partial charge on any atom is -0.481 e. The van der Waals surface area contributed by atoms with Crippen LogP contribution in [0.5, 0.6) is 0 Å². The van der Waals surface area contributed by atoms with Crippen LogP contribution in [-0.2, 0) is 24.2 Å². The molecule has 0 radical (unpaired) electrons. The molecular weight excluding hydrogens is 609 g/mol. The molecule has 2 heterocycles. The molecule has 0 aliphatic heterocycles. The van der Waals surface area contributed by atoms with Crippen molar-refractivity contribution in [2.24, 2.45) is 0 Å². The number of hydrogen-bond acceptors (Lipinski definition) is 5. The number of aryl methyl sites for hydroxylation is 2. The van der Waals surface area contributed by atoms with Gasteiger partial charge in [0.25, 0.3) is 11.5 Å². The molecule has 0 unspecified atom stereocenters. The maximum absolute atomic E-state index is 13.8. The molecule has 262 valence electrons. The first-order valence-corrected chi connectivity index (χ1v) is 17.8. The number of nitrogens with zero attached hydrogens (tertiary/aromatic N) is 2. The van der Waals surface area contributed by atoms with Crippen molar-refractivity contribution < 1.29 is 24.2 Å². The zero-order chi connectivity index (χ0) is 34.7. The van der Waals surface area contributed by atoms with E-state index >= 15 is 0 Å². The van der Waals surface area contributed by atoms with Gasteiger partial charge in [-0.1, -0.05) is 69.2 Å². The van der Waals surface area contributed by atoms with Gasteiger partial charge in [-0.15, -0.1) is 0 Å². The number of unbranched alkanes of at least 4 members (excludes halogenated alkanes) is 11. The van der Waals surface area contributed by atoms with E-state index in [0.717, 1.165) is 94.6 Å². The van der Waals surface area contributed by atoms with Crippen LogP contribution in [0, 0.1) is 5.82 Å². The van der Waals surface area contributed by atoms with Gasteiger partial charge in [0.2, 0.25) is 0 Å². The Bertz CT molecular complexity index is 1530. The first kappa shape index (κ1) is 38.6. The second-order valence-electron chi connectivity index (χ2n) is 12.8. The van der Waals surface area contributed by atoms with Crippen LogP contribution in [0.1, 0.15) is 131 Å². The smallest absolute Gasteiger partial charge is 0.303 e. The maximum atomic E-state index is 13.8. The standard InChI is InChI=1S/C39H54FN3O5/c1-3-43-34-26-31(25-30-21-23-32(40)24-22-30)27-41-37(34)33(36(39(43)48)38(47)42-29(2)28-44)19-17-15-13-11-9-7-5-4-6-8-10-12-14-16-18-20-35(45)46/h4,6,21-24,26-27,29,44H,3,5,7-20,25,28H2,1-2H3,(H,42,47)(H,45,46)/b6-4-/t29-/m0/s1. The predicted molar refractivity (Wildman–Crippen MR) is 190 cm³/mol. The summed E-state index contributed by atoms with van der Waals surface area (Å²) in [6, 6.07) is 7.81. The normalized spacial score (nSPS) is 12.2. The third kappa shape index (κ3) is 12.6. The van der Waals surface area contributed by atoms with E-state index in [-0.39, 0.29) is 30.0 Å². The first-order valence-electron chi connectivity index (χ1n) is 17.8. The molecule has 1 amide bonds. The monoisotopic (exact) mass is 663 g/mol. The van der Waals surface area contributed by atoms with Gasteiger partial charge in [0.05, 0.1) is 17.6 Å². The highest BCUT2D eigenvalue weighted by Gasteiger charge is 2.24. The van der Waals surface area contributed by atoms with Gasteiger partial charge in [-0.2, -0.15) is 0 Å². The van der Waals surface area contributed by atoms with Gasteiger partial charge in [0.15, 0.2) is 0 Å². The largest absolute Gasteiger partial charge is 0.481 e. The average molecular weight is 664 g/mol. The molecule has 3 aromatic rings. The van der Waals surface area contributed by atoms with E-state index < -0.39 is 17.9 Å². The highest BCUT2D eigenvalue weighted by atomic mass is 19.1. The van der Waals surface area contributed by atoms with Gasteiger partial charge in [-0.25, -0.2) is 4.39 Å². The van der Waals surface area contributed by atoms with Gasteiger partial charge in [-0.05, 0) is 100 Å². The molecule has 2 aromatic heterocycles. The number of aliphatic hydroxyl groups excluding tert-OH is 1. The molecule has 8 nitrogen and oxygen atoms in total. The third-order valence-corrected chi connectivity index (χ3v) is 8.75. The van der Waals surface area contributed by atoms with Crippen molar-refractivity contribution in [1.29, 1.82) is 0 Å². The summed E-state index contributed by atoms with van der Waals surface area (Å²) < 4.78 is 15.0. The molecule has 3 N–H and O–H groups in total. The number of benzene rings is 1. The number of amides is 1. The van der Waals surface area contributed by atoms with Crippen LogP contribution < -0.4 is 10.9 Å². The number of aliphatic carboxylic acids is 1. The van der Waals surface area contributed by atoms with E-state index in [2.05, 4.69) is 17.5 Å². The lowest BCUT2D eigenvalue weighted by atomic mass is 9.97. The van der Waals surface area contributed by atoms with Crippen LogP contribution in [0.4, 0.5) is 4.39 Å². The van der Waals surface area contributed by atoms with Crippen molar-refractivity contribution in [2.75, 3.05) is 6.61 Å². The summed E-state index contributed by atoms with van der Waals surface area (Å²) >= 11 is 0. The molecule has 0 spiro atoms. The van der Waals surface area contributed by atoms with Gasteiger partial charge < -0.3 is 20.1 Å². The lowest BCUT2D eigenvalue weighted by Crippen LogP contribution is -2.40. The Hall–Kier alpha value is -3.85. The van der Waals surface area contributed by atoms with Crippen molar-refractivity contribution in [3.05, 3.63) is 87.1 Å². The summed E-state index contributed by atoms with van der Waals surface area (Å²) in [5.74, 6) is -1.48. The van der Waals surface area contributed by atoms with Gasteiger partial charge >= 0.3 is 5.97 Å². The van der Waals surface area contributed by atoms with Gasteiger partial charge in [-0.3, -0.25) is 19.4 Å². The molecule has 0 aliphatic carbocycles. The van der Waals surface area contributed by atoms with E-state index in [4.69, 9.17) is 10.1 Å². The van der Waals surface area contributed by atoms with Crippen molar-refractivity contribution in [1.82, 2.24) is 14.9 Å². The maximum Gasteiger partial charge on any atom is 0.303 e. The molecule has 0 fully saturated rings. The second kappa shape index (κ2) is 21.2. The fourth-order valence-electron chi connectivity index (χ4n) is 6.07. The zero-order valence-electron chi connectivity index (χ0n) is 28.8. The van der Waals surface area contributed by atoms with E-state index in [1.165, 1.54) is 12.1 Å². The summed E-state index contributed by atoms with van der Waals surface area (Å²) in [6.07, 6.45) is 21.4. The Morgan fingerprint density at radius 1 is 0.917 bits per heavy atom. The SMILES string of the molecule is CCn1c(=O)c(C(=O)N[C@@H](C)CO)c(CCCCCCCC/C=C\CCCCCCCC(=O)O)c2ncc(Cc3ccc(F)cc3)cc21. The van der Waals surface area contributed by atoms with Gasteiger partial charge in [0, 0.05) is 25.2 Å². The predicted octanol–water partition coefficient (Wildman–Crippen LogP) is 7.90. The highest BCUT2D eigenvalue weighted by Crippen LogP contribution is 2.24. The number of rotatable bonds is 23. The van der Waals surface area contributed by atoms with E-state index in [9.17, 15) is 23.9 Å². The topological polar surface area (TPSA) is 122 Å². The molecule has 1 aromatic carbocycles. The minimum atomic E-state index is -0.708. The quantitative estimate of drug-likeness (QED) is 0.0701. The molecule has 0 bridgehead atoms. The average Bonchev–Trinajstić information content (AvgIpc) is 3.06. The summed E-state index contributed by atoms with van der Waals surface area (Å²) in [5.41, 5.74) is 3.57. The molecule has 0 saturated carbocycles. The van der Waals surface area contributed by atoms with Crippen molar-refractivity contribution in [3.63, 3.8) is 0 Å². The summed E-state index contributed by atoms with van der Waals surface area (Å²) in [5, 5.41) is 21.0. The van der Waals surface area contributed by atoms with Crippen molar-refractivity contribution in [2.45, 2.75) is 129 Å². The summed E-state index contributed by atoms with van der Waals surface area (Å²) in [6.45, 7) is 3.71. The van der Waals surface area contributed by atoms with Crippen LogP contribution >= 0.6 is 0 Å². The number of pyridine rings is 2. The number of halogens is 1. The molecular formula is C39H54FN3O5. The number of carbonyl (C=O) groups excluding carboxylic acids is 1. The Kier molecular flexibility index (Phi) is 17.0. The number of hydrogen-bond donors (Lipinski definition) is 3. The lowest BCUT2D eigenvalue weighted by Gasteiger charge is -2.18. The van der Waals surface area contributed by atoms with Crippen LogP contribution in [0.2, 0.25) is 0 Å². The highest BCUT2D eigenvalue weighted by molar-refractivity contribution is 5.99. The molecule has 9 heteroatoms. The fourth-order valence-corrected chi connectivity index (χ4v) is 6.07. The van der Waals surface area contributed by atoms with E-state index in [1.54, 1.807) is 29.8 Å². The number of carbonyl (C=O) groups is 2. The van der Waals surface area contributed by atoms with E-state index in [1.807, 2.05) is 13.0 Å². The number of carboxylic acid groups (broad SMARTS) is 1. The Labute approximate surface area is 284 Å². The van der Waals surface area contributed by atoms with E-state index in [0.29, 0.717) is 36.0 Å². The molecule has 3 rings (SSSR count).